The van der Waals surface area contributed by atoms with Crippen molar-refractivity contribution in [3.63, 3.8) is 0 Å². The summed E-state index contributed by atoms with van der Waals surface area (Å²) < 4.78 is 5.42. The summed E-state index contributed by atoms with van der Waals surface area (Å²) in [6.45, 7) is 3.16. The molecule has 1 heterocycles. The molecule has 0 aliphatic carbocycles. The second-order valence-electron chi connectivity index (χ2n) is 6.66. The molecule has 0 aromatic heterocycles. The van der Waals surface area contributed by atoms with Crippen LogP contribution in [0.2, 0.25) is 0 Å². The predicted molar refractivity (Wildman–Crippen MR) is 103 cm³/mol. The number of amides is 2. The molecule has 1 saturated heterocycles. The van der Waals surface area contributed by atoms with Crippen molar-refractivity contribution >= 4 is 17.5 Å². The van der Waals surface area contributed by atoms with Crippen molar-refractivity contribution in [2.45, 2.75) is 19.9 Å². The van der Waals surface area contributed by atoms with Crippen LogP contribution < -0.4 is 9.64 Å². The lowest BCUT2D eigenvalue weighted by atomic mass is 10.1. The number of aromatic hydroxyl groups is 1. The number of carbonyl (C=O) groups excluding carboxylic acids is 2. The molecule has 1 N–H and O–H groups in total. The molecule has 1 unspecified atom stereocenters. The van der Waals surface area contributed by atoms with Crippen LogP contribution in [-0.4, -0.2) is 42.0 Å². The summed E-state index contributed by atoms with van der Waals surface area (Å²) in [6, 6.07) is 14.3. The highest BCUT2D eigenvalue weighted by atomic mass is 16.5. The lowest BCUT2D eigenvalue weighted by Crippen LogP contribution is -2.34. The van der Waals surface area contributed by atoms with Crippen LogP contribution in [0.25, 0.3) is 0 Å². The number of nitrogens with zero attached hydrogens (tertiary/aromatic N) is 2. The summed E-state index contributed by atoms with van der Waals surface area (Å²) in [5.74, 6) is 0.368. The van der Waals surface area contributed by atoms with Gasteiger partial charge in [0.05, 0.1) is 12.5 Å². The minimum absolute atomic E-state index is 0.0616. The average molecular weight is 368 g/mol. The number of benzene rings is 2. The Labute approximate surface area is 159 Å². The number of ether oxygens (including phenoxy) is 1. The van der Waals surface area contributed by atoms with Crippen LogP contribution in [0.1, 0.15) is 18.9 Å². The maximum Gasteiger partial charge on any atom is 0.228 e. The molecule has 0 saturated carbocycles. The van der Waals surface area contributed by atoms with Crippen LogP contribution in [0.5, 0.6) is 11.5 Å². The Morgan fingerprint density at radius 2 is 1.93 bits per heavy atom. The Bertz CT molecular complexity index is 819. The number of hydrogen-bond donors (Lipinski definition) is 1. The first-order chi connectivity index (χ1) is 13.0. The first-order valence-electron chi connectivity index (χ1n) is 9.04. The molecule has 0 spiro atoms. The molecule has 2 amide bonds. The van der Waals surface area contributed by atoms with E-state index in [0.717, 1.165) is 11.4 Å². The molecule has 0 radical (unpaired) electrons. The molecule has 0 bridgehead atoms. The Kier molecular flexibility index (Phi) is 5.64. The molecule has 1 aliphatic rings. The fraction of sp³-hybridized carbons (Fsp3) is 0.333. The molecular formula is C21H24N2O4. The smallest absolute Gasteiger partial charge is 0.228 e. The summed E-state index contributed by atoms with van der Waals surface area (Å²) in [5, 5.41) is 9.89. The van der Waals surface area contributed by atoms with E-state index in [4.69, 9.17) is 4.74 Å². The molecule has 2 aromatic carbocycles. The molecule has 1 atom stereocenters. The number of anilines is 1. The third-order valence-electron chi connectivity index (χ3n) is 4.71. The summed E-state index contributed by atoms with van der Waals surface area (Å²) in [6.07, 6.45) is 0.192. The van der Waals surface area contributed by atoms with E-state index in [1.54, 1.807) is 35.0 Å². The van der Waals surface area contributed by atoms with Gasteiger partial charge in [-0.2, -0.15) is 0 Å². The maximum atomic E-state index is 12.8. The van der Waals surface area contributed by atoms with E-state index in [0.29, 0.717) is 25.3 Å². The zero-order chi connectivity index (χ0) is 19.4. The van der Waals surface area contributed by atoms with E-state index in [2.05, 4.69) is 0 Å². The number of rotatable bonds is 6. The van der Waals surface area contributed by atoms with Crippen molar-refractivity contribution in [2.24, 2.45) is 5.92 Å². The molecule has 3 rings (SSSR count). The van der Waals surface area contributed by atoms with E-state index < -0.39 is 0 Å². The van der Waals surface area contributed by atoms with E-state index in [1.165, 1.54) is 0 Å². The zero-order valence-corrected chi connectivity index (χ0v) is 15.6. The third-order valence-corrected chi connectivity index (χ3v) is 4.71. The number of phenolic OH excluding ortho intramolecular Hbond substituents is 1. The maximum absolute atomic E-state index is 12.8. The minimum atomic E-state index is -0.389. The normalized spacial score (nSPS) is 16.4. The van der Waals surface area contributed by atoms with Crippen LogP contribution in [-0.2, 0) is 16.1 Å². The number of phenols is 1. The molecule has 1 aliphatic heterocycles. The Morgan fingerprint density at radius 1 is 1.22 bits per heavy atom. The van der Waals surface area contributed by atoms with Crippen molar-refractivity contribution in [3.05, 3.63) is 54.1 Å². The topological polar surface area (TPSA) is 70.1 Å². The molecule has 142 valence electrons. The van der Waals surface area contributed by atoms with Crippen molar-refractivity contribution in [2.75, 3.05) is 25.1 Å². The van der Waals surface area contributed by atoms with Gasteiger partial charge in [0.1, 0.15) is 11.5 Å². The fourth-order valence-corrected chi connectivity index (χ4v) is 3.30. The van der Waals surface area contributed by atoms with Crippen molar-refractivity contribution in [1.82, 2.24) is 4.90 Å². The molecule has 1 fully saturated rings. The Morgan fingerprint density at radius 3 is 2.59 bits per heavy atom. The van der Waals surface area contributed by atoms with E-state index in [9.17, 15) is 14.7 Å². The van der Waals surface area contributed by atoms with Crippen LogP contribution >= 0.6 is 0 Å². The van der Waals surface area contributed by atoms with Crippen molar-refractivity contribution in [1.29, 1.82) is 0 Å². The van der Waals surface area contributed by atoms with Gasteiger partial charge in [-0.25, -0.2) is 0 Å². The van der Waals surface area contributed by atoms with Gasteiger partial charge >= 0.3 is 0 Å². The predicted octanol–water partition coefficient (Wildman–Crippen LogP) is 2.80. The van der Waals surface area contributed by atoms with Crippen LogP contribution in [0, 0.1) is 5.92 Å². The monoisotopic (exact) mass is 368 g/mol. The van der Waals surface area contributed by atoms with Gasteiger partial charge in [0.25, 0.3) is 0 Å². The summed E-state index contributed by atoms with van der Waals surface area (Å²) >= 11 is 0. The summed E-state index contributed by atoms with van der Waals surface area (Å²) in [5.41, 5.74) is 1.45. The lowest BCUT2D eigenvalue weighted by Gasteiger charge is -2.22. The van der Waals surface area contributed by atoms with Crippen LogP contribution in [0.3, 0.4) is 0 Å². The molecular weight excluding hydrogens is 344 g/mol. The van der Waals surface area contributed by atoms with Gasteiger partial charge in [-0.1, -0.05) is 18.2 Å². The van der Waals surface area contributed by atoms with Crippen molar-refractivity contribution in [3.8, 4) is 11.5 Å². The molecule has 6 nitrogen and oxygen atoms in total. The molecule has 2 aromatic rings. The van der Waals surface area contributed by atoms with E-state index >= 15 is 0 Å². The fourth-order valence-electron chi connectivity index (χ4n) is 3.30. The highest BCUT2D eigenvalue weighted by Gasteiger charge is 2.36. The van der Waals surface area contributed by atoms with Gasteiger partial charge in [-0.3, -0.25) is 9.59 Å². The van der Waals surface area contributed by atoms with Crippen LogP contribution in [0.15, 0.2) is 48.5 Å². The average Bonchev–Trinajstić information content (AvgIpc) is 3.05. The van der Waals surface area contributed by atoms with Gasteiger partial charge in [0.15, 0.2) is 0 Å². The molecule has 6 heteroatoms. The summed E-state index contributed by atoms with van der Waals surface area (Å²) in [7, 11) is 1.69. The quantitative estimate of drug-likeness (QED) is 0.851. The van der Waals surface area contributed by atoms with Crippen molar-refractivity contribution < 1.29 is 19.4 Å². The van der Waals surface area contributed by atoms with Gasteiger partial charge in [0.2, 0.25) is 11.8 Å². The Hall–Kier alpha value is -3.02. The second-order valence-corrected chi connectivity index (χ2v) is 6.66. The lowest BCUT2D eigenvalue weighted by molar-refractivity contribution is -0.135. The first kappa shape index (κ1) is 18.8. The van der Waals surface area contributed by atoms with Crippen LogP contribution in [0.4, 0.5) is 5.69 Å². The number of para-hydroxylation sites is 1. The van der Waals surface area contributed by atoms with E-state index in [1.807, 2.05) is 37.3 Å². The van der Waals surface area contributed by atoms with Gasteiger partial charge in [-0.05, 0) is 37.3 Å². The molecule has 27 heavy (non-hydrogen) atoms. The first-order valence-corrected chi connectivity index (χ1v) is 9.04. The highest BCUT2D eigenvalue weighted by molar-refractivity contribution is 6.00. The number of carbonyl (C=O) groups is 2. The second kappa shape index (κ2) is 8.12. The standard InChI is InChI=1S/C21H24N2O4/c1-3-27-18-10-8-17(9-11-18)23-14-16(12-20(23)25)21(26)22(2)13-15-6-4-5-7-19(15)24/h4-11,16,24H,3,12-14H2,1-2H3. The van der Waals surface area contributed by atoms with Gasteiger partial charge in [-0.15, -0.1) is 0 Å². The zero-order valence-electron chi connectivity index (χ0n) is 15.6. The SMILES string of the molecule is CCOc1ccc(N2CC(C(=O)N(C)Cc3ccccc3O)CC2=O)cc1. The summed E-state index contributed by atoms with van der Waals surface area (Å²) in [4.78, 5) is 28.4. The van der Waals surface area contributed by atoms with Gasteiger partial charge in [0, 0.05) is 37.8 Å². The van der Waals surface area contributed by atoms with E-state index in [-0.39, 0.29) is 29.9 Å². The minimum Gasteiger partial charge on any atom is -0.508 e. The Balaban J connectivity index is 1.65. The number of hydrogen-bond acceptors (Lipinski definition) is 4. The van der Waals surface area contributed by atoms with Gasteiger partial charge < -0.3 is 19.6 Å². The third kappa shape index (κ3) is 4.22. The highest BCUT2D eigenvalue weighted by Crippen LogP contribution is 2.28. The largest absolute Gasteiger partial charge is 0.508 e.